The molecule has 1 aliphatic carbocycles. The second-order valence-corrected chi connectivity index (χ2v) is 11.0. The van der Waals surface area contributed by atoms with Crippen LogP contribution in [0.15, 0.2) is 65.6 Å². The Morgan fingerprint density at radius 1 is 1.00 bits per heavy atom. The van der Waals surface area contributed by atoms with E-state index >= 15 is 0 Å². The maximum Gasteiger partial charge on any atom is 0.316 e. The quantitative estimate of drug-likeness (QED) is 0.530. The Bertz CT molecular complexity index is 1380. The molecule has 1 N–H and O–H groups in total. The van der Waals surface area contributed by atoms with E-state index in [9.17, 15) is 9.59 Å². The smallest absolute Gasteiger partial charge is 0.316 e. The lowest BCUT2D eigenvalue weighted by Gasteiger charge is -2.44. The number of para-hydroxylation sites is 1. The van der Waals surface area contributed by atoms with E-state index in [0.717, 1.165) is 18.5 Å². The molecular formula is C28H30ClN5O3. The van der Waals surface area contributed by atoms with E-state index < -0.39 is 5.54 Å². The van der Waals surface area contributed by atoms with Crippen molar-refractivity contribution in [3.05, 3.63) is 76.2 Å². The molecule has 2 aromatic carbocycles. The van der Waals surface area contributed by atoms with E-state index in [0.29, 0.717) is 61.4 Å². The molecule has 0 atom stereocenters. The van der Waals surface area contributed by atoms with Crippen LogP contribution >= 0.6 is 11.6 Å². The van der Waals surface area contributed by atoms with Crippen molar-refractivity contribution >= 4 is 28.9 Å². The molecule has 0 radical (unpaired) electrons. The molecule has 3 heterocycles. The van der Waals surface area contributed by atoms with Gasteiger partial charge in [-0.15, -0.1) is 0 Å². The van der Waals surface area contributed by atoms with E-state index in [1.165, 1.54) is 4.68 Å². The number of halogens is 1. The van der Waals surface area contributed by atoms with E-state index in [1.807, 2.05) is 30.3 Å². The van der Waals surface area contributed by atoms with Gasteiger partial charge in [0.25, 0.3) is 0 Å². The first-order chi connectivity index (χ1) is 17.9. The van der Waals surface area contributed by atoms with Crippen LogP contribution in [0.5, 0.6) is 5.75 Å². The zero-order chi connectivity index (χ0) is 25.6. The minimum Gasteiger partial charge on any atom is -0.486 e. The average molecular weight is 520 g/mol. The van der Waals surface area contributed by atoms with Crippen molar-refractivity contribution in [2.75, 3.05) is 36.2 Å². The predicted octanol–water partition coefficient (Wildman–Crippen LogP) is 4.00. The summed E-state index contributed by atoms with van der Waals surface area (Å²) in [5.74, 6) is 0.360. The molecule has 2 saturated heterocycles. The third kappa shape index (κ3) is 4.33. The first-order valence-corrected chi connectivity index (χ1v) is 13.1. The topological polar surface area (TPSA) is 79.7 Å². The highest BCUT2D eigenvalue weighted by molar-refractivity contribution is 6.30. The Kier molecular flexibility index (Phi) is 5.87. The molecular weight excluding hydrogens is 490 g/mol. The molecule has 9 heteroatoms. The zero-order valence-electron chi connectivity index (χ0n) is 20.8. The van der Waals surface area contributed by atoms with Gasteiger partial charge < -0.3 is 19.9 Å². The SMILES string of the molecule is CC1(COc2c(N3CCC4(CC3)C(=O)NCN4c3ccccc3)cnn(-c3cccc(Cl)c3)c2=O)CC1. The van der Waals surface area contributed by atoms with Crippen LogP contribution in [0.2, 0.25) is 5.02 Å². The number of carbonyl (C=O) groups is 1. The van der Waals surface area contributed by atoms with Crippen molar-refractivity contribution < 1.29 is 9.53 Å². The van der Waals surface area contributed by atoms with Crippen molar-refractivity contribution in [1.29, 1.82) is 0 Å². The highest BCUT2D eigenvalue weighted by Crippen LogP contribution is 2.45. The van der Waals surface area contributed by atoms with E-state index in [-0.39, 0.29) is 16.9 Å². The number of amides is 1. The summed E-state index contributed by atoms with van der Waals surface area (Å²) in [6.07, 6.45) is 5.14. The normalized spacial score (nSPS) is 19.7. The molecule has 3 aromatic rings. The number of carbonyl (C=O) groups excluding carboxylic acids is 1. The molecule has 3 fully saturated rings. The van der Waals surface area contributed by atoms with Crippen LogP contribution in [-0.2, 0) is 4.79 Å². The van der Waals surface area contributed by atoms with Gasteiger partial charge in [-0.2, -0.15) is 9.78 Å². The third-order valence-corrected chi connectivity index (χ3v) is 8.21. The fourth-order valence-corrected chi connectivity index (χ4v) is 5.52. The Balaban J connectivity index is 1.30. The number of ether oxygens (including phenoxy) is 1. The summed E-state index contributed by atoms with van der Waals surface area (Å²) in [6, 6.07) is 17.1. The predicted molar refractivity (Wildman–Crippen MR) is 144 cm³/mol. The van der Waals surface area contributed by atoms with Crippen molar-refractivity contribution in [3.8, 4) is 11.4 Å². The molecule has 0 bridgehead atoms. The standard InChI is InChI=1S/C28H30ClN5O3/c1-27(10-11-27)18-37-24-23(17-31-34(25(24)35)22-9-5-6-20(29)16-22)32-14-12-28(13-15-32)26(36)30-19-33(28)21-7-3-2-4-8-21/h2-9,16-17H,10-15,18-19H2,1H3,(H,30,36). The second-order valence-electron chi connectivity index (χ2n) is 10.6. The van der Waals surface area contributed by atoms with E-state index in [4.69, 9.17) is 16.3 Å². The fraction of sp³-hybridized carbons (Fsp3) is 0.393. The van der Waals surface area contributed by atoms with Crippen molar-refractivity contribution in [2.24, 2.45) is 5.41 Å². The lowest BCUT2D eigenvalue weighted by molar-refractivity contribution is -0.124. The van der Waals surface area contributed by atoms with Crippen molar-refractivity contribution in [1.82, 2.24) is 15.1 Å². The number of nitrogens with zero attached hydrogens (tertiary/aromatic N) is 4. The lowest BCUT2D eigenvalue weighted by atomic mass is 9.85. The molecule has 8 nitrogen and oxygen atoms in total. The van der Waals surface area contributed by atoms with Gasteiger partial charge in [-0.05, 0) is 56.0 Å². The van der Waals surface area contributed by atoms with E-state index in [2.05, 4.69) is 27.1 Å². The van der Waals surface area contributed by atoms with Crippen LogP contribution in [0.1, 0.15) is 32.6 Å². The molecule has 0 unspecified atom stereocenters. The minimum atomic E-state index is -0.608. The molecule has 1 aromatic heterocycles. The Morgan fingerprint density at radius 2 is 1.73 bits per heavy atom. The van der Waals surface area contributed by atoms with Gasteiger partial charge in [0.2, 0.25) is 11.7 Å². The maximum atomic E-state index is 13.7. The zero-order valence-corrected chi connectivity index (χ0v) is 21.6. The first-order valence-electron chi connectivity index (χ1n) is 12.8. The number of benzene rings is 2. The summed E-state index contributed by atoms with van der Waals surface area (Å²) in [6.45, 7) is 4.36. The summed E-state index contributed by atoms with van der Waals surface area (Å²) in [5, 5.41) is 8.06. The minimum absolute atomic E-state index is 0.0589. The van der Waals surface area contributed by atoms with Crippen LogP contribution in [0.3, 0.4) is 0 Å². The summed E-state index contributed by atoms with van der Waals surface area (Å²) >= 11 is 6.18. The van der Waals surface area contributed by atoms with Crippen LogP contribution in [0, 0.1) is 5.41 Å². The molecule has 6 rings (SSSR count). The second kappa shape index (κ2) is 9.10. The number of hydrogen-bond donors (Lipinski definition) is 1. The Labute approximate surface area is 220 Å². The van der Waals surface area contributed by atoms with Gasteiger partial charge in [0.1, 0.15) is 11.2 Å². The maximum absolute atomic E-state index is 13.7. The molecule has 192 valence electrons. The Morgan fingerprint density at radius 3 is 2.43 bits per heavy atom. The summed E-state index contributed by atoms with van der Waals surface area (Å²) in [7, 11) is 0. The van der Waals surface area contributed by atoms with E-state index in [1.54, 1.807) is 30.5 Å². The fourth-order valence-electron chi connectivity index (χ4n) is 5.34. The van der Waals surface area contributed by atoms with Gasteiger partial charge in [0, 0.05) is 29.2 Å². The third-order valence-electron chi connectivity index (χ3n) is 7.97. The largest absolute Gasteiger partial charge is 0.486 e. The molecule has 1 spiro atoms. The highest BCUT2D eigenvalue weighted by atomic mass is 35.5. The van der Waals surface area contributed by atoms with Gasteiger partial charge in [-0.1, -0.05) is 42.8 Å². The van der Waals surface area contributed by atoms with Gasteiger partial charge in [0.05, 0.1) is 25.2 Å². The molecule has 37 heavy (non-hydrogen) atoms. The summed E-state index contributed by atoms with van der Waals surface area (Å²) in [4.78, 5) is 31.0. The van der Waals surface area contributed by atoms with Gasteiger partial charge in [-0.25, -0.2) is 0 Å². The monoisotopic (exact) mass is 519 g/mol. The summed E-state index contributed by atoms with van der Waals surface area (Å²) < 4.78 is 7.57. The van der Waals surface area contributed by atoms with Gasteiger partial charge in [0.15, 0.2) is 0 Å². The number of rotatable bonds is 6. The van der Waals surface area contributed by atoms with Crippen molar-refractivity contribution in [2.45, 2.75) is 38.1 Å². The molecule has 3 aliphatic rings. The van der Waals surface area contributed by atoms with Crippen LogP contribution < -0.4 is 25.4 Å². The van der Waals surface area contributed by atoms with Crippen molar-refractivity contribution in [3.63, 3.8) is 0 Å². The average Bonchev–Trinajstić information content (AvgIpc) is 3.57. The lowest BCUT2D eigenvalue weighted by Crippen LogP contribution is -2.56. The van der Waals surface area contributed by atoms with Gasteiger partial charge >= 0.3 is 5.56 Å². The number of piperidine rings is 1. The van der Waals surface area contributed by atoms with Crippen LogP contribution in [0.25, 0.3) is 5.69 Å². The highest BCUT2D eigenvalue weighted by Gasteiger charge is 2.50. The van der Waals surface area contributed by atoms with Crippen LogP contribution in [-0.4, -0.2) is 47.6 Å². The first kappa shape index (κ1) is 23.9. The number of hydrogen-bond acceptors (Lipinski definition) is 6. The number of nitrogens with one attached hydrogen (secondary N) is 1. The molecule has 1 amide bonds. The number of aromatic nitrogens is 2. The van der Waals surface area contributed by atoms with Gasteiger partial charge in [-0.3, -0.25) is 9.59 Å². The van der Waals surface area contributed by atoms with Crippen LogP contribution in [0.4, 0.5) is 11.4 Å². The molecule has 1 saturated carbocycles. The summed E-state index contributed by atoms with van der Waals surface area (Å²) in [5.41, 5.74) is 1.48. The Hall–Kier alpha value is -3.52. The number of anilines is 2. The molecule has 2 aliphatic heterocycles.